The summed E-state index contributed by atoms with van der Waals surface area (Å²) in [5.41, 5.74) is 2.71. The predicted molar refractivity (Wildman–Crippen MR) is 101 cm³/mol. The van der Waals surface area contributed by atoms with Crippen LogP contribution in [-0.2, 0) is 6.42 Å². The number of carbonyl (C=O) groups is 1. The molecule has 2 aromatic rings. The van der Waals surface area contributed by atoms with Gasteiger partial charge in [0.2, 0.25) is 0 Å². The Kier molecular flexibility index (Phi) is 5.31. The van der Waals surface area contributed by atoms with E-state index in [1.165, 1.54) is 5.56 Å². The second-order valence-corrected chi connectivity index (χ2v) is 6.48. The molecule has 5 heteroatoms. The van der Waals surface area contributed by atoms with Crippen LogP contribution in [0.1, 0.15) is 48.6 Å². The van der Waals surface area contributed by atoms with Crippen LogP contribution in [0.5, 0.6) is 0 Å². The highest BCUT2D eigenvalue weighted by Gasteiger charge is 2.26. The topological polar surface area (TPSA) is 49.3 Å². The summed E-state index contributed by atoms with van der Waals surface area (Å²) in [6.45, 7) is 8.75. The number of para-hydroxylation sites is 1. The van der Waals surface area contributed by atoms with E-state index in [9.17, 15) is 4.79 Å². The van der Waals surface area contributed by atoms with Crippen molar-refractivity contribution in [2.24, 2.45) is 0 Å². The van der Waals surface area contributed by atoms with Gasteiger partial charge in [-0.2, -0.15) is 0 Å². The average Bonchev–Trinajstić information content (AvgIpc) is 3.04. The number of fused-ring (bicyclic) bond motifs is 1. The van der Waals surface area contributed by atoms with Gasteiger partial charge in [-0.3, -0.25) is 4.79 Å². The Hall–Kier alpha value is -2.43. The molecule has 1 aliphatic heterocycles. The number of rotatable bonds is 6. The number of hydrogen-bond donors (Lipinski definition) is 0. The highest BCUT2D eigenvalue weighted by molar-refractivity contribution is 6.06. The Morgan fingerprint density at radius 2 is 1.88 bits per heavy atom. The van der Waals surface area contributed by atoms with E-state index in [2.05, 4.69) is 34.8 Å². The highest BCUT2D eigenvalue weighted by atomic mass is 16.2. The van der Waals surface area contributed by atoms with E-state index in [0.29, 0.717) is 18.1 Å². The van der Waals surface area contributed by atoms with Crippen molar-refractivity contribution < 1.29 is 4.79 Å². The van der Waals surface area contributed by atoms with Crippen molar-refractivity contribution in [2.75, 3.05) is 29.4 Å². The summed E-state index contributed by atoms with van der Waals surface area (Å²) in [6.07, 6.45) is 2.99. The minimum Gasteiger partial charge on any atom is -0.357 e. The van der Waals surface area contributed by atoms with Crippen LogP contribution < -0.4 is 9.80 Å². The molecule has 25 heavy (non-hydrogen) atoms. The zero-order valence-electron chi connectivity index (χ0n) is 15.3. The van der Waals surface area contributed by atoms with Crippen molar-refractivity contribution in [1.29, 1.82) is 0 Å². The van der Waals surface area contributed by atoms with Crippen LogP contribution in [-0.4, -0.2) is 35.5 Å². The molecule has 1 aliphatic rings. The molecule has 0 atom stereocenters. The molecule has 5 nitrogen and oxygen atoms in total. The van der Waals surface area contributed by atoms with E-state index in [1.54, 1.807) is 0 Å². The largest absolute Gasteiger partial charge is 0.357 e. The molecule has 0 saturated heterocycles. The summed E-state index contributed by atoms with van der Waals surface area (Å²) < 4.78 is 0. The normalized spacial score (nSPS) is 13.0. The number of nitrogens with zero attached hydrogens (tertiary/aromatic N) is 4. The molecule has 0 saturated carbocycles. The van der Waals surface area contributed by atoms with Gasteiger partial charge >= 0.3 is 0 Å². The van der Waals surface area contributed by atoms with Crippen molar-refractivity contribution in [3.63, 3.8) is 0 Å². The smallest absolute Gasteiger partial charge is 0.277 e. The van der Waals surface area contributed by atoms with Crippen LogP contribution in [0.15, 0.2) is 30.3 Å². The quantitative estimate of drug-likeness (QED) is 0.807. The molecule has 0 spiro atoms. The molecule has 0 bridgehead atoms. The fourth-order valence-corrected chi connectivity index (χ4v) is 3.39. The number of aromatic nitrogens is 2. The number of aryl methyl sites for hydroxylation is 1. The Morgan fingerprint density at radius 3 is 2.60 bits per heavy atom. The summed E-state index contributed by atoms with van der Waals surface area (Å²) >= 11 is 0. The average molecular weight is 338 g/mol. The molecule has 0 fully saturated rings. The fraction of sp³-hybridized carbons (Fsp3) is 0.450. The maximum absolute atomic E-state index is 13.1. The maximum atomic E-state index is 13.1. The minimum atomic E-state index is -0.0374. The lowest BCUT2D eigenvalue weighted by Gasteiger charge is -2.24. The second kappa shape index (κ2) is 7.64. The third-order valence-corrected chi connectivity index (χ3v) is 4.49. The van der Waals surface area contributed by atoms with Crippen LogP contribution in [0.2, 0.25) is 0 Å². The van der Waals surface area contributed by atoms with E-state index in [0.717, 1.165) is 43.9 Å². The molecule has 0 aliphatic carbocycles. The Morgan fingerprint density at radius 1 is 1.16 bits per heavy atom. The number of amides is 1. The Balaban J connectivity index is 1.91. The Labute approximate surface area is 149 Å². The van der Waals surface area contributed by atoms with Crippen molar-refractivity contribution in [1.82, 2.24) is 9.97 Å². The first kappa shape index (κ1) is 17.4. The second-order valence-electron chi connectivity index (χ2n) is 6.48. The molecule has 0 radical (unpaired) electrons. The lowest BCUT2D eigenvalue weighted by Crippen LogP contribution is -2.31. The number of anilines is 2. The van der Waals surface area contributed by atoms with E-state index in [-0.39, 0.29) is 5.91 Å². The standard InChI is InChI=1S/C20H26N4O/c1-4-11-23(12-5-2)19-14-17(21-15(3)22-19)20(25)24-13-10-16-8-6-7-9-18(16)24/h6-9,14H,4-5,10-13H2,1-3H3. The third-order valence-electron chi connectivity index (χ3n) is 4.49. The van der Waals surface area contributed by atoms with Gasteiger partial charge in [0.25, 0.3) is 5.91 Å². The van der Waals surface area contributed by atoms with Crippen LogP contribution >= 0.6 is 0 Å². The molecule has 1 amide bonds. The lowest BCUT2D eigenvalue weighted by atomic mass is 10.2. The molecule has 0 N–H and O–H groups in total. The van der Waals surface area contributed by atoms with Crippen LogP contribution in [0.25, 0.3) is 0 Å². The van der Waals surface area contributed by atoms with Gasteiger partial charge in [-0.05, 0) is 37.8 Å². The van der Waals surface area contributed by atoms with Gasteiger partial charge in [-0.1, -0.05) is 32.0 Å². The van der Waals surface area contributed by atoms with Crippen molar-refractivity contribution in [3.8, 4) is 0 Å². The Bertz CT molecular complexity index is 753. The van der Waals surface area contributed by atoms with Crippen LogP contribution in [0.4, 0.5) is 11.5 Å². The lowest BCUT2D eigenvalue weighted by molar-refractivity contribution is 0.0984. The summed E-state index contributed by atoms with van der Waals surface area (Å²) in [5, 5.41) is 0. The van der Waals surface area contributed by atoms with Gasteiger partial charge in [0, 0.05) is 31.4 Å². The van der Waals surface area contributed by atoms with Gasteiger partial charge in [0.15, 0.2) is 0 Å². The van der Waals surface area contributed by atoms with E-state index >= 15 is 0 Å². The first-order chi connectivity index (χ1) is 12.1. The monoisotopic (exact) mass is 338 g/mol. The SMILES string of the molecule is CCCN(CCC)c1cc(C(=O)N2CCc3ccccc32)nc(C)n1. The number of hydrogen-bond acceptors (Lipinski definition) is 4. The van der Waals surface area contributed by atoms with Gasteiger partial charge < -0.3 is 9.80 Å². The molecule has 1 aromatic heterocycles. The minimum absolute atomic E-state index is 0.0374. The van der Waals surface area contributed by atoms with E-state index in [4.69, 9.17) is 0 Å². The van der Waals surface area contributed by atoms with Gasteiger partial charge in [0.1, 0.15) is 17.3 Å². The van der Waals surface area contributed by atoms with Gasteiger partial charge in [0.05, 0.1) is 0 Å². The summed E-state index contributed by atoms with van der Waals surface area (Å²) in [6, 6.07) is 9.94. The van der Waals surface area contributed by atoms with Crippen LogP contribution in [0, 0.1) is 6.92 Å². The summed E-state index contributed by atoms with van der Waals surface area (Å²) in [7, 11) is 0. The van der Waals surface area contributed by atoms with Crippen LogP contribution in [0.3, 0.4) is 0 Å². The number of benzene rings is 1. The zero-order chi connectivity index (χ0) is 17.8. The van der Waals surface area contributed by atoms with E-state index < -0.39 is 0 Å². The summed E-state index contributed by atoms with van der Waals surface area (Å²) in [5.74, 6) is 1.46. The molecule has 132 valence electrons. The predicted octanol–water partition coefficient (Wildman–Crippen LogP) is 3.61. The molecule has 2 heterocycles. The molecule has 3 rings (SSSR count). The highest BCUT2D eigenvalue weighted by Crippen LogP contribution is 2.29. The third kappa shape index (κ3) is 3.65. The van der Waals surface area contributed by atoms with Gasteiger partial charge in [-0.25, -0.2) is 9.97 Å². The molecular weight excluding hydrogens is 312 g/mol. The number of carbonyl (C=O) groups excluding carboxylic acids is 1. The summed E-state index contributed by atoms with van der Waals surface area (Å²) in [4.78, 5) is 26.1. The van der Waals surface area contributed by atoms with Crippen molar-refractivity contribution in [2.45, 2.75) is 40.0 Å². The molecular formula is C20H26N4O. The van der Waals surface area contributed by atoms with Crippen molar-refractivity contribution >= 4 is 17.4 Å². The first-order valence-corrected chi connectivity index (χ1v) is 9.14. The maximum Gasteiger partial charge on any atom is 0.277 e. The molecule has 1 aromatic carbocycles. The first-order valence-electron chi connectivity index (χ1n) is 9.14. The van der Waals surface area contributed by atoms with Gasteiger partial charge in [-0.15, -0.1) is 0 Å². The molecule has 0 unspecified atom stereocenters. The van der Waals surface area contributed by atoms with Crippen molar-refractivity contribution in [3.05, 3.63) is 47.4 Å². The zero-order valence-corrected chi connectivity index (χ0v) is 15.3. The fourth-order valence-electron chi connectivity index (χ4n) is 3.39. The van der Waals surface area contributed by atoms with E-state index in [1.807, 2.05) is 36.1 Å².